The molecule has 0 unspecified atom stereocenters. The van der Waals surface area contributed by atoms with Crippen molar-refractivity contribution in [1.29, 1.82) is 0 Å². The molecular weight excluding hydrogens is 328 g/mol. The number of aliphatic hydroxyl groups excluding tert-OH is 2. The molecule has 10 nitrogen and oxygen atoms in total. The Morgan fingerprint density at radius 2 is 0.833 bits per heavy atom. The van der Waals surface area contributed by atoms with Crippen LogP contribution in [0.25, 0.3) is 0 Å². The van der Waals surface area contributed by atoms with Gasteiger partial charge < -0.3 is 43.7 Å². The Balaban J connectivity index is 0. The molecule has 3 N–H and O–H groups in total. The number of carboxylic acid groups (broad SMARTS) is 1. The quantitative estimate of drug-likeness (QED) is 0.242. The summed E-state index contributed by atoms with van der Waals surface area (Å²) in [6.45, 7) is 4.80. The van der Waals surface area contributed by atoms with Crippen molar-refractivity contribution >= 4 is 6.16 Å². The molecule has 0 aromatic carbocycles. The minimum atomic E-state index is -1.25. The van der Waals surface area contributed by atoms with Crippen molar-refractivity contribution in [3.05, 3.63) is 0 Å². The number of rotatable bonds is 16. The van der Waals surface area contributed by atoms with Crippen molar-refractivity contribution in [3.8, 4) is 0 Å². The van der Waals surface area contributed by atoms with Gasteiger partial charge in [-0.3, -0.25) is 0 Å². The van der Waals surface area contributed by atoms with E-state index in [2.05, 4.69) is 4.74 Å². The predicted molar refractivity (Wildman–Crippen MR) is 83.3 cm³/mol. The highest BCUT2D eigenvalue weighted by Gasteiger charge is 1.92. The zero-order valence-corrected chi connectivity index (χ0v) is 14.2. The van der Waals surface area contributed by atoms with Gasteiger partial charge in [-0.2, -0.15) is 0 Å². The van der Waals surface area contributed by atoms with E-state index in [9.17, 15) is 0 Å². The summed E-state index contributed by atoms with van der Waals surface area (Å²) in [5, 5.41) is 24.4. The third-order valence-corrected chi connectivity index (χ3v) is 2.13. The fourth-order valence-corrected chi connectivity index (χ4v) is 1.11. The van der Waals surface area contributed by atoms with Gasteiger partial charge in [0.2, 0.25) is 0 Å². The summed E-state index contributed by atoms with van der Waals surface area (Å²) in [6.07, 6.45) is -1.25. The Hall–Kier alpha value is -1.01. The Kier molecular flexibility index (Phi) is 25.5. The molecule has 24 heavy (non-hydrogen) atoms. The maximum Gasteiger partial charge on any atom is 0.505 e. The molecule has 0 aliphatic heterocycles. The number of methoxy groups -OCH3 is 1. The second kappa shape index (κ2) is 24.2. The third kappa shape index (κ3) is 29.1. The van der Waals surface area contributed by atoms with Gasteiger partial charge in [-0.25, -0.2) is 4.79 Å². The topological polar surface area (TPSA) is 133 Å². The van der Waals surface area contributed by atoms with Crippen LogP contribution in [-0.2, 0) is 28.4 Å². The molecule has 0 atom stereocenters. The van der Waals surface area contributed by atoms with Crippen LogP contribution in [0.15, 0.2) is 0 Å². The summed E-state index contributed by atoms with van der Waals surface area (Å²) in [5.74, 6) is 0. The standard InChI is InChI=1S/C12H26O7.C2H4O3/c13-1-3-15-5-7-17-9-11-19-12-10-18-8-6-16-4-2-14;1-5-2(3)4/h13-14H,1-12H2;1H3,(H,3,4). The second-order valence-corrected chi connectivity index (χ2v) is 3.98. The average Bonchev–Trinajstić information content (AvgIpc) is 2.59. The van der Waals surface area contributed by atoms with E-state index in [0.717, 1.165) is 7.11 Å². The fraction of sp³-hybridized carbons (Fsp3) is 0.929. The fourth-order valence-electron chi connectivity index (χ4n) is 1.11. The third-order valence-electron chi connectivity index (χ3n) is 2.13. The van der Waals surface area contributed by atoms with Crippen LogP contribution in [0.2, 0.25) is 0 Å². The first kappa shape index (κ1) is 25.2. The first-order valence-corrected chi connectivity index (χ1v) is 7.56. The van der Waals surface area contributed by atoms with Crippen molar-refractivity contribution in [2.75, 3.05) is 86.4 Å². The maximum absolute atomic E-state index is 9.15. The van der Waals surface area contributed by atoms with Gasteiger partial charge >= 0.3 is 6.16 Å². The first-order valence-electron chi connectivity index (χ1n) is 7.56. The van der Waals surface area contributed by atoms with E-state index in [1.807, 2.05) is 0 Å². The number of hydrogen-bond donors (Lipinski definition) is 3. The van der Waals surface area contributed by atoms with Crippen molar-refractivity contribution < 1.29 is 48.5 Å². The molecule has 0 amide bonds. The molecule has 0 radical (unpaired) electrons. The Labute approximate surface area is 142 Å². The molecule has 10 heteroatoms. The minimum absolute atomic E-state index is 0.0359. The predicted octanol–water partition coefficient (Wildman–Crippen LogP) is -0.635. The van der Waals surface area contributed by atoms with E-state index in [-0.39, 0.29) is 13.2 Å². The van der Waals surface area contributed by atoms with Gasteiger partial charge in [0, 0.05) is 0 Å². The molecule has 0 heterocycles. The Morgan fingerprint density at radius 3 is 1.00 bits per heavy atom. The first-order chi connectivity index (χ1) is 11.7. The minimum Gasteiger partial charge on any atom is -0.450 e. The summed E-state index contributed by atoms with van der Waals surface area (Å²) in [7, 11) is 1.10. The lowest BCUT2D eigenvalue weighted by molar-refractivity contribution is -0.0151. The molecule has 0 saturated carbocycles. The van der Waals surface area contributed by atoms with E-state index in [0.29, 0.717) is 66.1 Å². The molecule has 0 spiro atoms. The van der Waals surface area contributed by atoms with Crippen LogP contribution in [0.3, 0.4) is 0 Å². The van der Waals surface area contributed by atoms with E-state index in [1.165, 1.54) is 0 Å². The van der Waals surface area contributed by atoms with Crippen LogP contribution in [0.5, 0.6) is 0 Å². The van der Waals surface area contributed by atoms with Crippen LogP contribution in [0.4, 0.5) is 4.79 Å². The number of aliphatic hydroxyl groups is 2. The number of ether oxygens (including phenoxy) is 6. The van der Waals surface area contributed by atoms with Crippen LogP contribution >= 0.6 is 0 Å². The van der Waals surface area contributed by atoms with Gasteiger partial charge in [-0.15, -0.1) is 0 Å². The molecule has 0 aliphatic rings. The summed E-state index contributed by atoms with van der Waals surface area (Å²) < 4.78 is 29.5. The highest BCUT2D eigenvalue weighted by atomic mass is 16.6. The zero-order valence-electron chi connectivity index (χ0n) is 14.2. The maximum atomic E-state index is 9.15. The molecule has 0 fully saturated rings. The van der Waals surface area contributed by atoms with Crippen LogP contribution in [0, 0.1) is 0 Å². The lowest BCUT2D eigenvalue weighted by Gasteiger charge is -2.07. The van der Waals surface area contributed by atoms with Gasteiger partial charge in [0.25, 0.3) is 0 Å². The molecule has 0 rings (SSSR count). The van der Waals surface area contributed by atoms with Gasteiger partial charge in [0.1, 0.15) is 0 Å². The van der Waals surface area contributed by atoms with Crippen LogP contribution < -0.4 is 0 Å². The summed E-state index contributed by atoms with van der Waals surface area (Å²) in [4.78, 5) is 9.15. The van der Waals surface area contributed by atoms with Gasteiger partial charge in [-0.05, 0) is 0 Å². The smallest absolute Gasteiger partial charge is 0.450 e. The molecule has 0 aliphatic carbocycles. The van der Waals surface area contributed by atoms with Crippen molar-refractivity contribution in [3.63, 3.8) is 0 Å². The molecule has 0 saturated heterocycles. The highest BCUT2D eigenvalue weighted by Crippen LogP contribution is 1.83. The highest BCUT2D eigenvalue weighted by molar-refractivity contribution is 5.56. The average molecular weight is 358 g/mol. The Morgan fingerprint density at radius 1 is 0.625 bits per heavy atom. The monoisotopic (exact) mass is 358 g/mol. The summed E-state index contributed by atoms with van der Waals surface area (Å²) in [6, 6.07) is 0. The van der Waals surface area contributed by atoms with E-state index in [4.69, 9.17) is 43.8 Å². The van der Waals surface area contributed by atoms with Gasteiger partial charge in [0.15, 0.2) is 0 Å². The van der Waals surface area contributed by atoms with Crippen LogP contribution in [0.1, 0.15) is 0 Å². The summed E-state index contributed by atoms with van der Waals surface area (Å²) in [5.41, 5.74) is 0. The van der Waals surface area contributed by atoms with Crippen LogP contribution in [-0.4, -0.2) is 108 Å². The lowest BCUT2D eigenvalue weighted by atomic mass is 10.7. The molecule has 0 aromatic heterocycles. The van der Waals surface area contributed by atoms with E-state index >= 15 is 0 Å². The number of carbonyl (C=O) groups is 1. The van der Waals surface area contributed by atoms with Gasteiger partial charge in [-0.1, -0.05) is 0 Å². The zero-order chi connectivity index (χ0) is 18.3. The SMILES string of the molecule is COC(=O)O.OCCOCCOCCOCCOCCOCCO. The van der Waals surface area contributed by atoms with E-state index in [1.54, 1.807) is 0 Å². The number of hydrogen-bond acceptors (Lipinski definition) is 9. The lowest BCUT2D eigenvalue weighted by Crippen LogP contribution is -2.14. The normalized spacial score (nSPS) is 10.1. The van der Waals surface area contributed by atoms with Crippen molar-refractivity contribution in [1.82, 2.24) is 0 Å². The molecule has 0 bridgehead atoms. The largest absolute Gasteiger partial charge is 0.505 e. The van der Waals surface area contributed by atoms with Crippen molar-refractivity contribution in [2.24, 2.45) is 0 Å². The summed E-state index contributed by atoms with van der Waals surface area (Å²) >= 11 is 0. The molecule has 146 valence electrons. The Bertz CT molecular complexity index is 224. The van der Waals surface area contributed by atoms with E-state index < -0.39 is 6.16 Å². The van der Waals surface area contributed by atoms with Gasteiger partial charge in [0.05, 0.1) is 86.4 Å². The van der Waals surface area contributed by atoms with Crippen molar-refractivity contribution in [2.45, 2.75) is 0 Å². The second-order valence-electron chi connectivity index (χ2n) is 3.98. The molecule has 0 aromatic rings. The molecular formula is C14H30O10.